The molecule has 96 valence electrons. The molecule has 0 saturated carbocycles. The molecule has 0 amide bonds. The number of aryl methyl sites for hydroxylation is 1. The van der Waals surface area contributed by atoms with Gasteiger partial charge in [-0.3, -0.25) is 0 Å². The minimum Gasteiger partial charge on any atom is -0.477 e. The number of hydrogen-bond acceptors (Lipinski definition) is 5. The van der Waals surface area contributed by atoms with Crippen molar-refractivity contribution in [3.05, 3.63) is 34.2 Å². The van der Waals surface area contributed by atoms with Gasteiger partial charge in [0.1, 0.15) is 0 Å². The lowest BCUT2D eigenvalue weighted by Crippen LogP contribution is -2.07. The quantitative estimate of drug-likeness (QED) is 0.870. The first-order chi connectivity index (χ1) is 8.79. The zero-order chi connectivity index (χ0) is 12.8. The Morgan fingerprint density at radius 3 is 3.06 bits per heavy atom. The van der Waals surface area contributed by atoms with E-state index in [9.17, 15) is 0 Å². The largest absolute Gasteiger partial charge is 0.477 e. The molecule has 0 saturated heterocycles. The number of ether oxygens (including phenoxy) is 1. The summed E-state index contributed by atoms with van der Waals surface area (Å²) in [4.78, 5) is 9.85. The topological polar surface area (TPSA) is 47.0 Å². The van der Waals surface area contributed by atoms with Gasteiger partial charge in [0.05, 0.1) is 6.61 Å². The molecule has 2 heterocycles. The van der Waals surface area contributed by atoms with Gasteiger partial charge in [0.2, 0.25) is 11.8 Å². The fraction of sp³-hybridized carbons (Fsp3) is 0.385. The Morgan fingerprint density at radius 2 is 2.33 bits per heavy atom. The van der Waals surface area contributed by atoms with Crippen LogP contribution in [-0.4, -0.2) is 23.1 Å². The van der Waals surface area contributed by atoms with Gasteiger partial charge >= 0.3 is 0 Å². The summed E-state index contributed by atoms with van der Waals surface area (Å²) in [5.74, 6) is 1.28. The number of anilines is 1. The minimum atomic E-state index is 0.620. The van der Waals surface area contributed by atoms with Crippen LogP contribution in [0.4, 0.5) is 5.95 Å². The van der Waals surface area contributed by atoms with Crippen LogP contribution in [0.2, 0.25) is 0 Å². The van der Waals surface area contributed by atoms with E-state index in [-0.39, 0.29) is 0 Å². The Bertz CT molecular complexity index is 485. The molecular weight excluding hydrogens is 246 g/mol. The molecule has 0 spiro atoms. The van der Waals surface area contributed by atoms with E-state index in [2.05, 4.69) is 32.8 Å². The molecule has 0 aliphatic heterocycles. The second kappa shape index (κ2) is 6.35. The Balaban J connectivity index is 1.93. The second-order valence-electron chi connectivity index (χ2n) is 3.89. The van der Waals surface area contributed by atoms with Crippen molar-refractivity contribution in [2.45, 2.75) is 20.3 Å². The summed E-state index contributed by atoms with van der Waals surface area (Å²) in [7, 11) is 0. The monoisotopic (exact) mass is 263 g/mol. The predicted octanol–water partition coefficient (Wildman–Crippen LogP) is 2.90. The van der Waals surface area contributed by atoms with Gasteiger partial charge in [0, 0.05) is 29.6 Å². The lowest BCUT2D eigenvalue weighted by molar-refractivity contribution is 0.308. The van der Waals surface area contributed by atoms with Crippen molar-refractivity contribution in [1.82, 2.24) is 9.97 Å². The molecule has 0 bridgehead atoms. The smallest absolute Gasteiger partial charge is 0.225 e. The molecule has 18 heavy (non-hydrogen) atoms. The average molecular weight is 263 g/mol. The van der Waals surface area contributed by atoms with Crippen molar-refractivity contribution in [2.75, 3.05) is 18.5 Å². The van der Waals surface area contributed by atoms with E-state index < -0.39 is 0 Å². The lowest BCUT2D eigenvalue weighted by atomic mass is 10.3. The molecule has 0 unspecified atom stereocenters. The molecule has 0 fully saturated rings. The molecule has 0 radical (unpaired) electrons. The SMILES string of the molecule is CCNc1ncc(C)c(OCCc2cccs2)n1. The Hall–Kier alpha value is -1.62. The maximum absolute atomic E-state index is 5.71. The fourth-order valence-electron chi connectivity index (χ4n) is 1.52. The van der Waals surface area contributed by atoms with Crippen molar-refractivity contribution in [3.8, 4) is 5.88 Å². The van der Waals surface area contributed by atoms with Crippen molar-refractivity contribution in [3.63, 3.8) is 0 Å². The number of thiophene rings is 1. The third kappa shape index (κ3) is 3.43. The summed E-state index contributed by atoms with van der Waals surface area (Å²) < 4.78 is 5.71. The first-order valence-corrected chi connectivity index (χ1v) is 6.90. The van der Waals surface area contributed by atoms with Crippen LogP contribution in [0.1, 0.15) is 17.4 Å². The molecular formula is C13H17N3OS. The first kappa shape index (κ1) is 12.8. The highest BCUT2D eigenvalue weighted by Crippen LogP contribution is 2.16. The van der Waals surface area contributed by atoms with Gasteiger partial charge in [-0.25, -0.2) is 4.98 Å². The molecule has 1 N–H and O–H groups in total. The summed E-state index contributed by atoms with van der Waals surface area (Å²) in [5.41, 5.74) is 0.961. The van der Waals surface area contributed by atoms with E-state index in [0.29, 0.717) is 18.4 Å². The van der Waals surface area contributed by atoms with Crippen LogP contribution in [0.5, 0.6) is 5.88 Å². The van der Waals surface area contributed by atoms with E-state index in [1.165, 1.54) is 4.88 Å². The molecule has 0 aliphatic carbocycles. The van der Waals surface area contributed by atoms with E-state index in [4.69, 9.17) is 4.74 Å². The highest BCUT2D eigenvalue weighted by molar-refractivity contribution is 7.09. The second-order valence-corrected chi connectivity index (χ2v) is 4.92. The molecule has 2 aromatic heterocycles. The van der Waals surface area contributed by atoms with Crippen molar-refractivity contribution < 1.29 is 4.74 Å². The van der Waals surface area contributed by atoms with E-state index in [0.717, 1.165) is 18.5 Å². The van der Waals surface area contributed by atoms with E-state index >= 15 is 0 Å². The zero-order valence-electron chi connectivity index (χ0n) is 10.6. The highest BCUT2D eigenvalue weighted by Gasteiger charge is 2.04. The molecule has 4 nitrogen and oxygen atoms in total. The van der Waals surface area contributed by atoms with Gasteiger partial charge in [-0.1, -0.05) is 6.07 Å². The number of rotatable bonds is 6. The van der Waals surface area contributed by atoms with Crippen LogP contribution in [0.25, 0.3) is 0 Å². The maximum atomic E-state index is 5.71. The fourth-order valence-corrected chi connectivity index (χ4v) is 2.21. The molecule has 5 heteroatoms. The van der Waals surface area contributed by atoms with E-state index in [1.54, 1.807) is 17.5 Å². The predicted molar refractivity (Wildman–Crippen MR) is 74.5 cm³/mol. The molecule has 0 atom stereocenters. The summed E-state index contributed by atoms with van der Waals surface area (Å²) >= 11 is 1.75. The van der Waals surface area contributed by atoms with Crippen LogP contribution >= 0.6 is 11.3 Å². The van der Waals surface area contributed by atoms with Crippen LogP contribution in [0.15, 0.2) is 23.7 Å². The standard InChI is InChI=1S/C13H17N3OS/c1-3-14-13-15-9-10(2)12(16-13)17-7-6-11-5-4-8-18-11/h4-5,8-9H,3,6-7H2,1-2H3,(H,14,15,16). The number of aromatic nitrogens is 2. The Morgan fingerprint density at radius 1 is 1.44 bits per heavy atom. The molecule has 2 aromatic rings. The number of nitrogens with zero attached hydrogens (tertiary/aromatic N) is 2. The van der Waals surface area contributed by atoms with Crippen LogP contribution in [0.3, 0.4) is 0 Å². The summed E-state index contributed by atoms with van der Waals surface area (Å²) in [6.45, 7) is 5.42. The average Bonchev–Trinajstić information content (AvgIpc) is 2.86. The summed E-state index contributed by atoms with van der Waals surface area (Å²) in [6.07, 6.45) is 2.70. The number of hydrogen-bond donors (Lipinski definition) is 1. The van der Waals surface area contributed by atoms with Gasteiger partial charge in [0.15, 0.2) is 0 Å². The number of nitrogens with one attached hydrogen (secondary N) is 1. The Labute approximate surface area is 111 Å². The molecule has 0 aliphatic rings. The van der Waals surface area contributed by atoms with Gasteiger partial charge in [-0.05, 0) is 25.3 Å². The lowest BCUT2D eigenvalue weighted by Gasteiger charge is -2.09. The first-order valence-electron chi connectivity index (χ1n) is 6.02. The van der Waals surface area contributed by atoms with E-state index in [1.807, 2.05) is 13.8 Å². The van der Waals surface area contributed by atoms with Crippen LogP contribution in [-0.2, 0) is 6.42 Å². The normalized spacial score (nSPS) is 10.3. The van der Waals surface area contributed by atoms with Crippen molar-refractivity contribution in [1.29, 1.82) is 0 Å². The molecule has 2 rings (SSSR count). The van der Waals surface area contributed by atoms with Gasteiger partial charge in [-0.15, -0.1) is 11.3 Å². The van der Waals surface area contributed by atoms with Crippen LogP contribution in [0, 0.1) is 6.92 Å². The highest BCUT2D eigenvalue weighted by atomic mass is 32.1. The maximum Gasteiger partial charge on any atom is 0.225 e. The zero-order valence-corrected chi connectivity index (χ0v) is 11.5. The van der Waals surface area contributed by atoms with Crippen LogP contribution < -0.4 is 10.1 Å². The summed E-state index contributed by atoms with van der Waals surface area (Å²) in [5, 5.41) is 5.16. The van der Waals surface area contributed by atoms with Gasteiger partial charge < -0.3 is 10.1 Å². The summed E-state index contributed by atoms with van der Waals surface area (Å²) in [6, 6.07) is 4.17. The van der Waals surface area contributed by atoms with Crippen molar-refractivity contribution in [2.24, 2.45) is 0 Å². The third-order valence-corrected chi connectivity index (χ3v) is 3.36. The Kier molecular flexibility index (Phi) is 4.52. The van der Waals surface area contributed by atoms with Gasteiger partial charge in [-0.2, -0.15) is 4.98 Å². The minimum absolute atomic E-state index is 0.620. The molecule has 0 aromatic carbocycles. The van der Waals surface area contributed by atoms with Crippen molar-refractivity contribution >= 4 is 17.3 Å². The third-order valence-electron chi connectivity index (χ3n) is 2.43. The van der Waals surface area contributed by atoms with Gasteiger partial charge in [0.25, 0.3) is 0 Å².